The van der Waals surface area contributed by atoms with Gasteiger partial charge in [-0.1, -0.05) is 12.1 Å². The molecule has 0 radical (unpaired) electrons. The van der Waals surface area contributed by atoms with Gasteiger partial charge in [-0.15, -0.1) is 0 Å². The second kappa shape index (κ2) is 7.92. The van der Waals surface area contributed by atoms with Gasteiger partial charge in [0.05, 0.1) is 18.7 Å². The minimum absolute atomic E-state index is 0.270. The fourth-order valence-electron chi connectivity index (χ4n) is 1.64. The van der Waals surface area contributed by atoms with Crippen molar-refractivity contribution in [3.8, 4) is 6.07 Å². The van der Waals surface area contributed by atoms with Crippen molar-refractivity contribution < 1.29 is 14.3 Å². The number of amides is 1. The molecule has 1 amide bonds. The Hall–Kier alpha value is -2.39. The predicted molar refractivity (Wildman–Crippen MR) is 72.5 cm³/mol. The summed E-state index contributed by atoms with van der Waals surface area (Å²) in [7, 11) is 1.28. The van der Waals surface area contributed by atoms with Gasteiger partial charge in [-0.05, 0) is 17.7 Å². The zero-order valence-corrected chi connectivity index (χ0v) is 11.5. The molecule has 1 aromatic carbocycles. The van der Waals surface area contributed by atoms with Gasteiger partial charge in [0.25, 0.3) is 0 Å². The first-order valence-corrected chi connectivity index (χ1v) is 6.11. The van der Waals surface area contributed by atoms with E-state index in [1.807, 2.05) is 18.2 Å². The maximum atomic E-state index is 11.5. The summed E-state index contributed by atoms with van der Waals surface area (Å²) >= 11 is 0. The average Bonchev–Trinajstić information content (AvgIpc) is 2.45. The van der Waals surface area contributed by atoms with Gasteiger partial charge in [-0.3, -0.25) is 4.79 Å². The Bertz CT molecular complexity index is 505. The third-order valence-electron chi connectivity index (χ3n) is 2.62. The van der Waals surface area contributed by atoms with Crippen molar-refractivity contribution >= 4 is 11.9 Å². The molecule has 0 saturated carbocycles. The molecule has 6 heteroatoms. The normalized spacial score (nSPS) is 11.2. The minimum atomic E-state index is -0.712. The summed E-state index contributed by atoms with van der Waals surface area (Å²) in [5.41, 5.74) is 1.58. The van der Waals surface area contributed by atoms with Crippen LogP contribution < -0.4 is 10.6 Å². The summed E-state index contributed by atoms with van der Waals surface area (Å²) in [6, 6.07) is 8.44. The summed E-state index contributed by atoms with van der Waals surface area (Å²) in [5.74, 6) is -0.784. The molecule has 0 bridgehead atoms. The van der Waals surface area contributed by atoms with E-state index in [2.05, 4.69) is 15.4 Å². The zero-order chi connectivity index (χ0) is 15.0. The van der Waals surface area contributed by atoms with Crippen molar-refractivity contribution in [2.45, 2.75) is 19.5 Å². The highest BCUT2D eigenvalue weighted by atomic mass is 16.5. The Morgan fingerprint density at radius 3 is 2.50 bits per heavy atom. The van der Waals surface area contributed by atoms with Crippen LogP contribution in [-0.4, -0.2) is 31.6 Å². The Balaban J connectivity index is 2.48. The number of nitrogens with zero attached hydrogens (tertiary/aromatic N) is 1. The first-order valence-electron chi connectivity index (χ1n) is 6.11. The van der Waals surface area contributed by atoms with E-state index in [1.54, 1.807) is 12.1 Å². The lowest BCUT2D eigenvalue weighted by atomic mass is 10.1. The smallest absolute Gasteiger partial charge is 0.329 e. The number of hydrogen-bond acceptors (Lipinski definition) is 5. The van der Waals surface area contributed by atoms with Crippen LogP contribution in [0.2, 0.25) is 0 Å². The van der Waals surface area contributed by atoms with E-state index >= 15 is 0 Å². The Morgan fingerprint density at radius 2 is 2.00 bits per heavy atom. The lowest BCUT2D eigenvalue weighted by Gasteiger charge is -2.16. The Kier molecular flexibility index (Phi) is 6.20. The molecule has 20 heavy (non-hydrogen) atoms. The number of nitrogens with one attached hydrogen (secondary N) is 2. The molecule has 0 fully saturated rings. The molecule has 0 aliphatic carbocycles. The van der Waals surface area contributed by atoms with Crippen molar-refractivity contribution in [1.29, 1.82) is 5.26 Å². The van der Waals surface area contributed by atoms with Gasteiger partial charge in [0.2, 0.25) is 5.91 Å². The van der Waals surface area contributed by atoms with Crippen LogP contribution in [0.1, 0.15) is 18.1 Å². The van der Waals surface area contributed by atoms with E-state index in [4.69, 9.17) is 5.26 Å². The molecule has 1 rings (SSSR count). The van der Waals surface area contributed by atoms with E-state index in [1.165, 1.54) is 14.0 Å². The number of nitriles is 1. The summed E-state index contributed by atoms with van der Waals surface area (Å²) < 4.78 is 4.62. The summed E-state index contributed by atoms with van der Waals surface area (Å²) in [5, 5.41) is 14.3. The molecule has 0 aliphatic heterocycles. The zero-order valence-electron chi connectivity index (χ0n) is 11.5. The van der Waals surface area contributed by atoms with E-state index in [-0.39, 0.29) is 12.5 Å². The number of benzene rings is 1. The average molecular weight is 275 g/mol. The minimum Gasteiger partial charge on any atom is -0.467 e. The fourth-order valence-corrected chi connectivity index (χ4v) is 1.64. The van der Waals surface area contributed by atoms with Crippen molar-refractivity contribution in [3.63, 3.8) is 0 Å². The van der Waals surface area contributed by atoms with Crippen LogP contribution in [0.5, 0.6) is 0 Å². The van der Waals surface area contributed by atoms with Gasteiger partial charge in [-0.25, -0.2) is 4.79 Å². The van der Waals surface area contributed by atoms with Crippen molar-refractivity contribution in [1.82, 2.24) is 10.6 Å². The highest BCUT2D eigenvalue weighted by Crippen LogP contribution is 2.02. The van der Waals surface area contributed by atoms with Gasteiger partial charge in [0.1, 0.15) is 6.04 Å². The van der Waals surface area contributed by atoms with Gasteiger partial charge in [0, 0.05) is 20.0 Å². The van der Waals surface area contributed by atoms with Crippen LogP contribution in [0.25, 0.3) is 0 Å². The highest BCUT2D eigenvalue weighted by molar-refractivity contribution is 5.83. The maximum Gasteiger partial charge on any atom is 0.329 e. The number of rotatable bonds is 6. The third kappa shape index (κ3) is 5.08. The standard InChI is InChI=1S/C14H17N3O3/c1-10(18)17-13(14(19)20-2)9-16-8-12-5-3-11(7-15)4-6-12/h3-6,13,16H,8-9H2,1-2H3,(H,17,18). The second-order valence-electron chi connectivity index (χ2n) is 4.22. The van der Waals surface area contributed by atoms with Crippen molar-refractivity contribution in [2.24, 2.45) is 0 Å². The summed E-state index contributed by atoms with van der Waals surface area (Å²) in [6.07, 6.45) is 0. The molecule has 106 valence electrons. The number of esters is 1. The fraction of sp³-hybridized carbons (Fsp3) is 0.357. The van der Waals surface area contributed by atoms with Gasteiger partial charge in [-0.2, -0.15) is 5.26 Å². The summed E-state index contributed by atoms with van der Waals surface area (Å²) in [6.45, 7) is 2.14. The Labute approximate surface area is 117 Å². The van der Waals surface area contributed by atoms with E-state index in [0.29, 0.717) is 12.1 Å². The second-order valence-corrected chi connectivity index (χ2v) is 4.22. The molecule has 0 saturated heterocycles. The van der Waals surface area contributed by atoms with E-state index in [0.717, 1.165) is 5.56 Å². The predicted octanol–water partition coefficient (Wildman–Crippen LogP) is 0.326. The molecule has 1 unspecified atom stereocenters. The number of methoxy groups -OCH3 is 1. The molecule has 0 aliphatic rings. The lowest BCUT2D eigenvalue weighted by Crippen LogP contribution is -2.46. The molecule has 0 spiro atoms. The first-order chi connectivity index (χ1) is 9.56. The molecule has 6 nitrogen and oxygen atoms in total. The first kappa shape index (κ1) is 15.7. The molecule has 0 aromatic heterocycles. The Morgan fingerprint density at radius 1 is 1.35 bits per heavy atom. The largest absolute Gasteiger partial charge is 0.467 e. The molecule has 1 atom stereocenters. The van der Waals surface area contributed by atoms with Crippen LogP contribution in [0, 0.1) is 11.3 Å². The van der Waals surface area contributed by atoms with Crippen LogP contribution in [0.15, 0.2) is 24.3 Å². The summed E-state index contributed by atoms with van der Waals surface area (Å²) in [4.78, 5) is 22.5. The van der Waals surface area contributed by atoms with Gasteiger partial charge >= 0.3 is 5.97 Å². The number of carbonyl (C=O) groups excluding carboxylic acids is 2. The van der Waals surface area contributed by atoms with Gasteiger partial charge in [0.15, 0.2) is 0 Å². The molecule has 2 N–H and O–H groups in total. The van der Waals surface area contributed by atoms with Crippen molar-refractivity contribution in [2.75, 3.05) is 13.7 Å². The lowest BCUT2D eigenvalue weighted by molar-refractivity contribution is -0.144. The quantitative estimate of drug-likeness (QED) is 0.730. The molecule has 1 aromatic rings. The van der Waals surface area contributed by atoms with Gasteiger partial charge < -0.3 is 15.4 Å². The SMILES string of the molecule is COC(=O)C(CNCc1ccc(C#N)cc1)NC(C)=O. The number of carbonyl (C=O) groups is 2. The number of hydrogen-bond donors (Lipinski definition) is 2. The third-order valence-corrected chi connectivity index (χ3v) is 2.62. The number of ether oxygens (including phenoxy) is 1. The molecule has 0 heterocycles. The highest BCUT2D eigenvalue weighted by Gasteiger charge is 2.19. The van der Waals surface area contributed by atoms with Crippen LogP contribution in [0.3, 0.4) is 0 Å². The van der Waals surface area contributed by atoms with Crippen LogP contribution >= 0.6 is 0 Å². The van der Waals surface area contributed by atoms with Crippen LogP contribution in [0.4, 0.5) is 0 Å². The van der Waals surface area contributed by atoms with E-state index < -0.39 is 12.0 Å². The monoisotopic (exact) mass is 275 g/mol. The topological polar surface area (TPSA) is 91.2 Å². The molecular formula is C14H17N3O3. The molecular weight excluding hydrogens is 258 g/mol. The van der Waals surface area contributed by atoms with Crippen LogP contribution in [-0.2, 0) is 20.9 Å². The maximum absolute atomic E-state index is 11.5. The van der Waals surface area contributed by atoms with E-state index in [9.17, 15) is 9.59 Å². The van der Waals surface area contributed by atoms with Crippen molar-refractivity contribution in [3.05, 3.63) is 35.4 Å².